The van der Waals surface area contributed by atoms with Gasteiger partial charge in [-0.05, 0) is 6.42 Å². The van der Waals surface area contributed by atoms with Crippen molar-refractivity contribution in [3.63, 3.8) is 0 Å². The summed E-state index contributed by atoms with van der Waals surface area (Å²) in [6, 6.07) is 0. The summed E-state index contributed by atoms with van der Waals surface area (Å²) in [6.07, 6.45) is 1.86. The Morgan fingerprint density at radius 2 is 2.62 bits per heavy atom. The van der Waals surface area contributed by atoms with Crippen molar-refractivity contribution in [2.45, 2.75) is 18.9 Å². The van der Waals surface area contributed by atoms with Gasteiger partial charge in [0.1, 0.15) is 6.10 Å². The lowest BCUT2D eigenvalue weighted by Gasteiger charge is -2.03. The zero-order valence-corrected chi connectivity index (χ0v) is 4.76. The molecule has 1 rings (SSSR count). The van der Waals surface area contributed by atoms with E-state index in [9.17, 15) is 0 Å². The van der Waals surface area contributed by atoms with E-state index in [0.29, 0.717) is 0 Å². The molecule has 1 aliphatic rings. The van der Waals surface area contributed by atoms with Crippen LogP contribution >= 0.6 is 0 Å². The molecule has 0 amide bonds. The molecular formula is C6H10O2. The minimum Gasteiger partial charge on any atom is -0.493 e. The molecule has 1 atom stereocenters. The molecule has 2 nitrogen and oxygen atoms in total. The molecule has 1 saturated heterocycles. The highest BCUT2D eigenvalue weighted by molar-refractivity contribution is 4.90. The van der Waals surface area contributed by atoms with E-state index in [-0.39, 0.29) is 12.7 Å². The highest BCUT2D eigenvalue weighted by atomic mass is 16.5. The Bertz CT molecular complexity index is 98.7. The predicted octanol–water partition coefficient (Wildman–Crippen LogP) is 0.671. The van der Waals surface area contributed by atoms with E-state index >= 15 is 0 Å². The van der Waals surface area contributed by atoms with Crippen LogP contribution in [-0.4, -0.2) is 17.8 Å². The Morgan fingerprint density at radius 1 is 1.88 bits per heavy atom. The van der Waals surface area contributed by atoms with Gasteiger partial charge in [0.05, 0.1) is 12.4 Å². The maximum Gasteiger partial charge on any atom is 0.122 e. The molecule has 1 heterocycles. The van der Waals surface area contributed by atoms with E-state index in [1.165, 1.54) is 0 Å². The molecule has 46 valence electrons. The van der Waals surface area contributed by atoms with Gasteiger partial charge in [-0.2, -0.15) is 0 Å². The number of allylic oxidation sites excluding steroid dienone is 1. The van der Waals surface area contributed by atoms with Crippen LogP contribution in [0.2, 0.25) is 0 Å². The average molecular weight is 114 g/mol. The van der Waals surface area contributed by atoms with Gasteiger partial charge < -0.3 is 9.84 Å². The van der Waals surface area contributed by atoms with Gasteiger partial charge in [0.25, 0.3) is 0 Å². The Hall–Kier alpha value is -0.500. The third kappa shape index (κ3) is 1.01. The second-order valence-electron chi connectivity index (χ2n) is 2.00. The van der Waals surface area contributed by atoms with Crippen LogP contribution in [0.25, 0.3) is 0 Å². The highest BCUT2D eigenvalue weighted by Gasteiger charge is 2.16. The van der Waals surface area contributed by atoms with Gasteiger partial charge in [-0.3, -0.25) is 0 Å². The van der Waals surface area contributed by atoms with Crippen molar-refractivity contribution in [3.05, 3.63) is 12.3 Å². The van der Waals surface area contributed by atoms with Gasteiger partial charge in [-0.1, -0.05) is 6.58 Å². The first-order chi connectivity index (χ1) is 3.83. The van der Waals surface area contributed by atoms with Crippen molar-refractivity contribution in [1.82, 2.24) is 0 Å². The van der Waals surface area contributed by atoms with Crippen LogP contribution in [0.15, 0.2) is 12.3 Å². The monoisotopic (exact) mass is 114 g/mol. The minimum absolute atomic E-state index is 0.0301. The molecule has 0 saturated carbocycles. The summed E-state index contributed by atoms with van der Waals surface area (Å²) >= 11 is 0. The number of hydrogen-bond acceptors (Lipinski definition) is 2. The molecule has 0 unspecified atom stereocenters. The van der Waals surface area contributed by atoms with Gasteiger partial charge in [0, 0.05) is 6.42 Å². The summed E-state index contributed by atoms with van der Waals surface area (Å²) < 4.78 is 5.07. The quantitative estimate of drug-likeness (QED) is 0.543. The van der Waals surface area contributed by atoms with Crippen LogP contribution in [0.4, 0.5) is 0 Å². The molecular weight excluding hydrogens is 104 g/mol. The molecule has 1 aliphatic heterocycles. The molecule has 0 aromatic heterocycles. The van der Waals surface area contributed by atoms with Crippen LogP contribution in [0.1, 0.15) is 12.8 Å². The largest absolute Gasteiger partial charge is 0.493 e. The van der Waals surface area contributed by atoms with Crippen LogP contribution in [0.3, 0.4) is 0 Å². The maximum absolute atomic E-state index is 8.52. The summed E-state index contributed by atoms with van der Waals surface area (Å²) in [5.74, 6) is 0.809. The normalized spacial score (nSPS) is 28.1. The second-order valence-corrected chi connectivity index (χ2v) is 2.00. The van der Waals surface area contributed by atoms with Gasteiger partial charge in [0.2, 0.25) is 0 Å². The van der Waals surface area contributed by atoms with Crippen molar-refractivity contribution >= 4 is 0 Å². The summed E-state index contributed by atoms with van der Waals surface area (Å²) in [5.41, 5.74) is 0. The number of rotatable bonds is 1. The summed E-state index contributed by atoms with van der Waals surface area (Å²) in [5, 5.41) is 8.52. The molecule has 0 radical (unpaired) electrons. The number of hydrogen-bond donors (Lipinski definition) is 1. The number of ether oxygens (including phenoxy) is 1. The first-order valence-corrected chi connectivity index (χ1v) is 2.78. The first kappa shape index (κ1) is 5.63. The topological polar surface area (TPSA) is 29.5 Å². The lowest BCUT2D eigenvalue weighted by atomic mass is 10.2. The Kier molecular flexibility index (Phi) is 1.53. The molecule has 1 N–H and O–H groups in total. The van der Waals surface area contributed by atoms with Gasteiger partial charge >= 0.3 is 0 Å². The van der Waals surface area contributed by atoms with Crippen LogP contribution in [0.5, 0.6) is 0 Å². The maximum atomic E-state index is 8.52. The third-order valence-corrected chi connectivity index (χ3v) is 1.28. The van der Waals surface area contributed by atoms with Gasteiger partial charge in [-0.25, -0.2) is 0 Å². The zero-order valence-electron chi connectivity index (χ0n) is 4.76. The van der Waals surface area contributed by atoms with Crippen LogP contribution in [-0.2, 0) is 4.74 Å². The number of aliphatic hydroxyl groups is 1. The molecule has 1 fully saturated rings. The Balaban J connectivity index is 2.32. The molecule has 0 spiro atoms. The molecule has 0 aliphatic carbocycles. The van der Waals surface area contributed by atoms with Crippen molar-refractivity contribution < 1.29 is 9.84 Å². The van der Waals surface area contributed by atoms with E-state index in [1.807, 2.05) is 0 Å². The summed E-state index contributed by atoms with van der Waals surface area (Å²) in [7, 11) is 0. The highest BCUT2D eigenvalue weighted by Crippen LogP contribution is 2.19. The summed E-state index contributed by atoms with van der Waals surface area (Å²) in [4.78, 5) is 0. The molecule has 0 aromatic rings. The molecule has 8 heavy (non-hydrogen) atoms. The second kappa shape index (κ2) is 2.18. The SMILES string of the molecule is C=C1CC[C@@H](CO)O1. The van der Waals surface area contributed by atoms with E-state index < -0.39 is 0 Å². The van der Waals surface area contributed by atoms with E-state index in [0.717, 1.165) is 18.6 Å². The van der Waals surface area contributed by atoms with Gasteiger partial charge in [0.15, 0.2) is 0 Å². The van der Waals surface area contributed by atoms with E-state index in [4.69, 9.17) is 9.84 Å². The summed E-state index contributed by atoms with van der Waals surface area (Å²) in [6.45, 7) is 3.74. The zero-order chi connectivity index (χ0) is 5.98. The predicted molar refractivity (Wildman–Crippen MR) is 30.3 cm³/mol. The number of aliphatic hydroxyl groups excluding tert-OH is 1. The van der Waals surface area contributed by atoms with Crippen LogP contribution in [0, 0.1) is 0 Å². The first-order valence-electron chi connectivity index (χ1n) is 2.78. The fourth-order valence-electron chi connectivity index (χ4n) is 0.804. The molecule has 0 aromatic carbocycles. The lowest BCUT2D eigenvalue weighted by Crippen LogP contribution is -2.08. The van der Waals surface area contributed by atoms with Crippen molar-refractivity contribution in [2.24, 2.45) is 0 Å². The lowest BCUT2D eigenvalue weighted by molar-refractivity contribution is 0.0920. The fourth-order valence-corrected chi connectivity index (χ4v) is 0.804. The van der Waals surface area contributed by atoms with E-state index in [1.54, 1.807) is 0 Å². The average Bonchev–Trinajstić information content (AvgIpc) is 2.14. The van der Waals surface area contributed by atoms with E-state index in [2.05, 4.69) is 6.58 Å². The third-order valence-electron chi connectivity index (χ3n) is 1.28. The molecule has 2 heteroatoms. The Morgan fingerprint density at radius 3 is 2.88 bits per heavy atom. The minimum atomic E-state index is 0.0301. The van der Waals surface area contributed by atoms with Crippen molar-refractivity contribution in [1.29, 1.82) is 0 Å². The standard InChI is InChI=1S/C6H10O2/c1-5-2-3-6(4-7)8-5/h6-7H,1-4H2/t6-/m0/s1. The van der Waals surface area contributed by atoms with Gasteiger partial charge in [-0.15, -0.1) is 0 Å². The molecule has 0 bridgehead atoms. The fraction of sp³-hybridized carbons (Fsp3) is 0.667. The van der Waals surface area contributed by atoms with Crippen molar-refractivity contribution in [2.75, 3.05) is 6.61 Å². The van der Waals surface area contributed by atoms with Crippen LogP contribution < -0.4 is 0 Å². The Labute approximate surface area is 48.8 Å². The smallest absolute Gasteiger partial charge is 0.122 e. The van der Waals surface area contributed by atoms with Crippen molar-refractivity contribution in [3.8, 4) is 0 Å².